The molecule has 2 amide bonds. The lowest BCUT2D eigenvalue weighted by Gasteiger charge is -2.18. The van der Waals surface area contributed by atoms with Gasteiger partial charge in [0.2, 0.25) is 6.10 Å². The van der Waals surface area contributed by atoms with E-state index in [9.17, 15) is 9.59 Å². The molecule has 4 rings (SSSR count). The third-order valence-corrected chi connectivity index (χ3v) is 4.54. The van der Waals surface area contributed by atoms with Gasteiger partial charge >= 0.3 is 6.01 Å². The van der Waals surface area contributed by atoms with Gasteiger partial charge in [-0.2, -0.15) is 15.2 Å². The summed E-state index contributed by atoms with van der Waals surface area (Å²) < 4.78 is 12.6. The molecule has 1 atom stereocenters. The predicted molar refractivity (Wildman–Crippen MR) is 105 cm³/mol. The van der Waals surface area contributed by atoms with Crippen molar-refractivity contribution in [3.63, 3.8) is 0 Å². The molecule has 30 heavy (non-hydrogen) atoms. The number of aryl methyl sites for hydroxylation is 1. The van der Waals surface area contributed by atoms with Crippen LogP contribution >= 0.6 is 0 Å². The van der Waals surface area contributed by atoms with E-state index in [1.165, 1.54) is 11.1 Å². The molecule has 0 aliphatic carbocycles. The Morgan fingerprint density at radius 3 is 2.97 bits per heavy atom. The normalized spacial score (nSPS) is 18.9. The zero-order valence-electron chi connectivity index (χ0n) is 16.4. The van der Waals surface area contributed by atoms with Gasteiger partial charge in [-0.05, 0) is 12.2 Å². The summed E-state index contributed by atoms with van der Waals surface area (Å²) in [5.74, 6) is -0.972. The summed E-state index contributed by atoms with van der Waals surface area (Å²) in [5.41, 5.74) is 7.92. The second-order valence-electron chi connectivity index (χ2n) is 6.77. The number of carbonyl (C=O) groups excluding carboxylic acids is 2. The second kappa shape index (κ2) is 7.91. The lowest BCUT2D eigenvalue weighted by Crippen LogP contribution is -2.39. The summed E-state index contributed by atoms with van der Waals surface area (Å²) in [6, 6.07) is -0.0209. The van der Waals surface area contributed by atoms with E-state index in [1.54, 1.807) is 37.1 Å². The van der Waals surface area contributed by atoms with E-state index in [-0.39, 0.29) is 31.7 Å². The number of primary amides is 1. The van der Waals surface area contributed by atoms with Crippen molar-refractivity contribution in [1.29, 1.82) is 0 Å². The number of rotatable bonds is 1. The second-order valence-corrected chi connectivity index (χ2v) is 6.77. The van der Waals surface area contributed by atoms with Crippen LogP contribution in [-0.4, -0.2) is 79.6 Å². The topological polar surface area (TPSA) is 154 Å². The van der Waals surface area contributed by atoms with Crippen LogP contribution in [0.25, 0.3) is 23.2 Å². The van der Waals surface area contributed by atoms with E-state index in [2.05, 4.69) is 25.3 Å². The summed E-state index contributed by atoms with van der Waals surface area (Å²) in [6.45, 7) is 0.362. The van der Waals surface area contributed by atoms with Crippen LogP contribution in [0.1, 0.15) is 21.7 Å². The number of aromatic nitrogens is 6. The summed E-state index contributed by atoms with van der Waals surface area (Å²) in [5, 5.41) is 11.3. The minimum absolute atomic E-state index is 0.0209. The minimum Gasteiger partial charge on any atom is -0.448 e. The summed E-state index contributed by atoms with van der Waals surface area (Å²) >= 11 is 0. The number of fused-ring (bicyclic) bond motifs is 2. The van der Waals surface area contributed by atoms with E-state index in [0.29, 0.717) is 28.0 Å². The predicted octanol–water partition coefficient (Wildman–Crippen LogP) is -0.408. The van der Waals surface area contributed by atoms with Crippen LogP contribution in [0.3, 0.4) is 0 Å². The summed E-state index contributed by atoms with van der Waals surface area (Å²) in [7, 11) is 3.39. The fraction of sp³-hybridized carbons (Fsp3) is 0.333. The fourth-order valence-electron chi connectivity index (χ4n) is 2.93. The average Bonchev–Trinajstić information content (AvgIpc) is 3.29. The van der Waals surface area contributed by atoms with Gasteiger partial charge in [0.05, 0.1) is 19.4 Å². The van der Waals surface area contributed by atoms with Crippen LogP contribution in [0.5, 0.6) is 6.01 Å². The Morgan fingerprint density at radius 1 is 1.33 bits per heavy atom. The van der Waals surface area contributed by atoms with Crippen LogP contribution in [0.4, 0.5) is 0 Å². The highest BCUT2D eigenvalue weighted by atomic mass is 16.5. The Hall–Kier alpha value is -3.80. The number of hydrogen-bond donors (Lipinski definition) is 2. The molecule has 12 heteroatoms. The van der Waals surface area contributed by atoms with Crippen LogP contribution in [0.2, 0.25) is 0 Å². The Bertz CT molecular complexity index is 1130. The molecular weight excluding hydrogens is 392 g/mol. The molecule has 156 valence electrons. The quantitative estimate of drug-likeness (QED) is 0.547. The standard InChI is InChI=1S/C18H20N8O4/c1-25-5-6-29-9-13(16(19)27)30-18-20-7-12-15(21-18)11(22-23-12)4-3-10-8-26(2)24-14(10)17(25)28/h3-4,7-8,13H,5-6,9H2,1-2H3,(H2,19,27)(H,22,23)/b4-3+/t13-/m0/s1. The molecular formula is C18H20N8O4. The van der Waals surface area contributed by atoms with E-state index in [4.69, 9.17) is 15.2 Å². The highest BCUT2D eigenvalue weighted by Crippen LogP contribution is 2.20. The number of nitrogens with zero attached hydrogens (tertiary/aromatic N) is 6. The van der Waals surface area contributed by atoms with Gasteiger partial charge in [-0.3, -0.25) is 19.4 Å². The summed E-state index contributed by atoms with van der Waals surface area (Å²) in [4.78, 5) is 34.4. The molecule has 0 saturated heterocycles. The molecule has 2 bridgehead atoms. The monoisotopic (exact) mass is 412 g/mol. The maximum absolute atomic E-state index is 12.8. The van der Waals surface area contributed by atoms with Crippen molar-refractivity contribution in [3.05, 3.63) is 29.3 Å². The number of likely N-dealkylation sites (N-methyl/N-ethyl adjacent to an activating group) is 1. The van der Waals surface area contributed by atoms with Crippen molar-refractivity contribution in [2.75, 3.05) is 26.8 Å². The van der Waals surface area contributed by atoms with E-state index >= 15 is 0 Å². The van der Waals surface area contributed by atoms with Crippen LogP contribution < -0.4 is 10.5 Å². The van der Waals surface area contributed by atoms with Gasteiger partial charge in [0.15, 0.2) is 5.69 Å². The molecule has 0 aromatic carbocycles. The van der Waals surface area contributed by atoms with Gasteiger partial charge in [-0.25, -0.2) is 4.98 Å². The van der Waals surface area contributed by atoms with Crippen molar-refractivity contribution in [3.8, 4) is 6.01 Å². The van der Waals surface area contributed by atoms with Gasteiger partial charge in [0, 0.05) is 32.4 Å². The third kappa shape index (κ3) is 3.85. The lowest BCUT2D eigenvalue weighted by atomic mass is 10.2. The number of aromatic amines is 1. The first-order valence-electron chi connectivity index (χ1n) is 9.14. The first-order valence-corrected chi connectivity index (χ1v) is 9.14. The maximum atomic E-state index is 12.8. The van der Waals surface area contributed by atoms with Crippen molar-refractivity contribution in [1.82, 2.24) is 34.8 Å². The van der Waals surface area contributed by atoms with Crippen molar-refractivity contribution in [2.24, 2.45) is 12.8 Å². The zero-order valence-corrected chi connectivity index (χ0v) is 16.4. The molecule has 4 heterocycles. The molecule has 0 spiro atoms. The Balaban J connectivity index is 1.77. The van der Waals surface area contributed by atoms with E-state index in [0.717, 1.165) is 0 Å². The zero-order chi connectivity index (χ0) is 21.3. The van der Waals surface area contributed by atoms with Gasteiger partial charge in [0.1, 0.15) is 16.7 Å². The fourth-order valence-corrected chi connectivity index (χ4v) is 2.93. The van der Waals surface area contributed by atoms with Crippen LogP contribution in [0, 0.1) is 0 Å². The molecule has 1 aliphatic heterocycles. The molecule has 3 aromatic rings. The molecule has 1 aliphatic rings. The molecule has 12 nitrogen and oxygen atoms in total. The van der Waals surface area contributed by atoms with Crippen LogP contribution in [0.15, 0.2) is 12.4 Å². The molecule has 0 saturated carbocycles. The first-order chi connectivity index (χ1) is 14.4. The third-order valence-electron chi connectivity index (χ3n) is 4.54. The van der Waals surface area contributed by atoms with Crippen molar-refractivity contribution in [2.45, 2.75) is 6.10 Å². The number of H-pyrrole nitrogens is 1. The molecule has 3 aromatic heterocycles. The Kier molecular flexibility index (Phi) is 5.14. The largest absolute Gasteiger partial charge is 0.448 e. The number of carbonyl (C=O) groups is 2. The Labute approximate surface area is 170 Å². The van der Waals surface area contributed by atoms with Crippen molar-refractivity contribution < 1.29 is 19.1 Å². The highest BCUT2D eigenvalue weighted by Gasteiger charge is 2.22. The highest BCUT2D eigenvalue weighted by molar-refractivity contribution is 5.97. The minimum atomic E-state index is -1.08. The molecule has 0 fully saturated rings. The summed E-state index contributed by atoms with van der Waals surface area (Å²) in [6.07, 6.45) is 5.61. The lowest BCUT2D eigenvalue weighted by molar-refractivity contribution is -0.127. The maximum Gasteiger partial charge on any atom is 0.317 e. The molecule has 0 radical (unpaired) electrons. The van der Waals surface area contributed by atoms with Crippen LogP contribution in [-0.2, 0) is 16.6 Å². The number of ether oxygens (including phenoxy) is 2. The van der Waals surface area contributed by atoms with Crippen molar-refractivity contribution >= 4 is 35.0 Å². The van der Waals surface area contributed by atoms with Gasteiger partial charge in [0.25, 0.3) is 11.8 Å². The molecule has 0 unspecified atom stereocenters. The van der Waals surface area contributed by atoms with Gasteiger partial charge < -0.3 is 20.1 Å². The van der Waals surface area contributed by atoms with Gasteiger partial charge in [-0.1, -0.05) is 0 Å². The number of nitrogens with one attached hydrogen (secondary N) is 1. The van der Waals surface area contributed by atoms with Gasteiger partial charge in [-0.15, -0.1) is 0 Å². The van der Waals surface area contributed by atoms with E-state index in [1.807, 2.05) is 0 Å². The average molecular weight is 412 g/mol. The number of amides is 2. The SMILES string of the molecule is CN1CCOC[C@@H](C(N)=O)Oc2ncc3[nH]nc(c3n2)/C=C/c2cn(C)nc2C1=O. The number of nitrogens with two attached hydrogens (primary N) is 1. The number of hydrogen-bond acceptors (Lipinski definition) is 8. The smallest absolute Gasteiger partial charge is 0.317 e. The first kappa shape index (κ1) is 19.5. The molecule has 3 N–H and O–H groups in total. The van der Waals surface area contributed by atoms with E-state index < -0.39 is 12.0 Å². The Morgan fingerprint density at radius 2 is 2.17 bits per heavy atom.